The van der Waals surface area contributed by atoms with Gasteiger partial charge in [0.2, 0.25) is 0 Å². The summed E-state index contributed by atoms with van der Waals surface area (Å²) in [5.74, 6) is 2.18. The van der Waals surface area contributed by atoms with Crippen LogP contribution in [0.5, 0.6) is 0 Å². The number of carbonyl (C=O) groups excluding carboxylic acids is 2. The Hall–Kier alpha value is -0.660. The molecule has 3 rings (SSSR count). The van der Waals surface area contributed by atoms with Crippen molar-refractivity contribution < 1.29 is 9.59 Å². The fourth-order valence-corrected chi connectivity index (χ4v) is 3.93. The Balaban J connectivity index is 2.01. The Morgan fingerprint density at radius 2 is 2.00 bits per heavy atom. The number of Topliss-reactive ketones (excluding diaryl/α,β-unsaturated/α-hetero) is 1. The van der Waals surface area contributed by atoms with E-state index in [9.17, 15) is 9.59 Å². The molecule has 0 radical (unpaired) electrons. The molecule has 3 bridgehead atoms. The molecule has 0 saturated heterocycles. The second-order valence-corrected chi connectivity index (χ2v) is 4.99. The topological polar surface area (TPSA) is 34.1 Å². The van der Waals surface area contributed by atoms with Crippen molar-refractivity contribution in [2.45, 2.75) is 25.7 Å². The van der Waals surface area contributed by atoms with E-state index < -0.39 is 0 Å². The number of carbonyl (C=O) groups is 2. The molecule has 3 fully saturated rings. The predicted molar refractivity (Wildman–Crippen MR) is 47.0 cm³/mol. The molecular formula is C11H14O2. The molecule has 5 atom stereocenters. The minimum Gasteiger partial charge on any atom is -0.303 e. The van der Waals surface area contributed by atoms with Crippen LogP contribution in [0.1, 0.15) is 25.7 Å². The summed E-state index contributed by atoms with van der Waals surface area (Å²) in [6, 6.07) is 0. The smallest absolute Gasteiger partial charge is 0.146 e. The van der Waals surface area contributed by atoms with Crippen LogP contribution in [0.15, 0.2) is 0 Å². The van der Waals surface area contributed by atoms with Gasteiger partial charge in [0.1, 0.15) is 12.1 Å². The van der Waals surface area contributed by atoms with Gasteiger partial charge in [-0.2, -0.15) is 0 Å². The minimum absolute atomic E-state index is 0.226. The van der Waals surface area contributed by atoms with Gasteiger partial charge in [-0.25, -0.2) is 0 Å². The quantitative estimate of drug-likeness (QED) is 0.449. The van der Waals surface area contributed by atoms with E-state index in [0.29, 0.717) is 11.8 Å². The molecule has 0 amide bonds. The van der Waals surface area contributed by atoms with Crippen LogP contribution in [0.2, 0.25) is 0 Å². The normalized spacial score (nSPS) is 52.6. The fraction of sp³-hybridized carbons (Fsp3) is 0.818. The molecule has 2 heteroatoms. The first-order valence-electron chi connectivity index (χ1n) is 5.28. The van der Waals surface area contributed by atoms with Crippen molar-refractivity contribution in [1.29, 1.82) is 0 Å². The van der Waals surface area contributed by atoms with E-state index in [1.54, 1.807) is 0 Å². The average molecular weight is 178 g/mol. The number of aldehydes is 1. The first-order valence-corrected chi connectivity index (χ1v) is 5.28. The molecule has 0 N–H and O–H groups in total. The minimum atomic E-state index is -0.226. The van der Waals surface area contributed by atoms with Crippen molar-refractivity contribution in [1.82, 2.24) is 0 Å². The Bertz CT molecular complexity index is 269. The van der Waals surface area contributed by atoms with Crippen LogP contribution in [0.3, 0.4) is 0 Å². The van der Waals surface area contributed by atoms with Crippen LogP contribution < -0.4 is 0 Å². The van der Waals surface area contributed by atoms with E-state index in [4.69, 9.17) is 0 Å². The second kappa shape index (κ2) is 2.43. The maximum atomic E-state index is 11.8. The first-order chi connectivity index (χ1) is 6.29. The number of hydrogen-bond donors (Lipinski definition) is 0. The number of hydrogen-bond acceptors (Lipinski definition) is 2. The van der Waals surface area contributed by atoms with Crippen molar-refractivity contribution >= 4 is 12.1 Å². The molecule has 0 aromatic rings. The SMILES string of the molecule is O=CC1C(=O)C2CC3CC(C2)C1C3. The Morgan fingerprint density at radius 1 is 1.15 bits per heavy atom. The molecule has 3 saturated carbocycles. The van der Waals surface area contributed by atoms with Gasteiger partial charge in [0, 0.05) is 5.92 Å². The third-order valence-electron chi connectivity index (χ3n) is 4.39. The van der Waals surface area contributed by atoms with E-state index in [0.717, 1.165) is 31.5 Å². The summed E-state index contributed by atoms with van der Waals surface area (Å²) in [5.41, 5.74) is 0. The lowest BCUT2D eigenvalue weighted by Crippen LogP contribution is -2.39. The highest BCUT2D eigenvalue weighted by atomic mass is 16.1. The predicted octanol–water partition coefficient (Wildman–Crippen LogP) is 1.44. The molecule has 0 aromatic heterocycles. The van der Waals surface area contributed by atoms with E-state index in [1.165, 1.54) is 6.42 Å². The van der Waals surface area contributed by atoms with Gasteiger partial charge in [-0.1, -0.05) is 0 Å². The molecule has 70 valence electrons. The zero-order valence-corrected chi connectivity index (χ0v) is 7.61. The zero-order chi connectivity index (χ0) is 9.00. The van der Waals surface area contributed by atoms with E-state index in [2.05, 4.69) is 0 Å². The molecule has 3 aliphatic rings. The maximum absolute atomic E-state index is 11.8. The Kier molecular flexibility index (Phi) is 1.44. The molecule has 3 aliphatic carbocycles. The summed E-state index contributed by atoms with van der Waals surface area (Å²) >= 11 is 0. The largest absolute Gasteiger partial charge is 0.303 e. The van der Waals surface area contributed by atoms with Crippen molar-refractivity contribution in [2.75, 3.05) is 0 Å². The molecule has 0 spiro atoms. The molecule has 0 aliphatic heterocycles. The summed E-state index contributed by atoms with van der Waals surface area (Å²) in [5, 5.41) is 0. The van der Waals surface area contributed by atoms with Gasteiger partial charge in [-0.3, -0.25) is 4.79 Å². The first kappa shape index (κ1) is 7.72. The van der Waals surface area contributed by atoms with Gasteiger partial charge in [-0.15, -0.1) is 0 Å². The average Bonchev–Trinajstić information content (AvgIpc) is 2.37. The lowest BCUT2D eigenvalue weighted by atomic mass is 9.67. The van der Waals surface area contributed by atoms with Gasteiger partial charge in [0.25, 0.3) is 0 Å². The number of ketones is 1. The van der Waals surface area contributed by atoms with Crippen molar-refractivity contribution in [2.24, 2.45) is 29.6 Å². The Labute approximate surface area is 77.7 Å². The third kappa shape index (κ3) is 0.890. The summed E-state index contributed by atoms with van der Waals surface area (Å²) in [6.07, 6.45) is 5.52. The van der Waals surface area contributed by atoms with Crippen molar-refractivity contribution in [3.05, 3.63) is 0 Å². The monoisotopic (exact) mass is 178 g/mol. The molecule has 0 heterocycles. The zero-order valence-electron chi connectivity index (χ0n) is 7.61. The van der Waals surface area contributed by atoms with E-state index in [1.807, 2.05) is 0 Å². The maximum Gasteiger partial charge on any atom is 0.146 e. The van der Waals surface area contributed by atoms with Gasteiger partial charge in [0.15, 0.2) is 0 Å². The highest BCUT2D eigenvalue weighted by Crippen LogP contribution is 2.55. The molecule has 2 nitrogen and oxygen atoms in total. The van der Waals surface area contributed by atoms with Crippen LogP contribution in [0, 0.1) is 29.6 Å². The van der Waals surface area contributed by atoms with Crippen molar-refractivity contribution in [3.63, 3.8) is 0 Å². The lowest BCUT2D eigenvalue weighted by molar-refractivity contribution is -0.137. The highest BCUT2D eigenvalue weighted by molar-refractivity contribution is 5.96. The lowest BCUT2D eigenvalue weighted by Gasteiger charge is -2.35. The Morgan fingerprint density at radius 3 is 2.77 bits per heavy atom. The van der Waals surface area contributed by atoms with Gasteiger partial charge < -0.3 is 4.79 Å². The van der Waals surface area contributed by atoms with Crippen LogP contribution in [-0.4, -0.2) is 12.1 Å². The van der Waals surface area contributed by atoms with Crippen LogP contribution >= 0.6 is 0 Å². The summed E-state index contributed by atoms with van der Waals surface area (Å²) in [4.78, 5) is 22.6. The van der Waals surface area contributed by atoms with Gasteiger partial charge >= 0.3 is 0 Å². The fourth-order valence-electron chi connectivity index (χ4n) is 3.93. The highest BCUT2D eigenvalue weighted by Gasteiger charge is 2.52. The van der Waals surface area contributed by atoms with Crippen molar-refractivity contribution in [3.8, 4) is 0 Å². The summed E-state index contributed by atoms with van der Waals surface area (Å²) in [6.45, 7) is 0. The number of rotatable bonds is 1. The molecule has 13 heavy (non-hydrogen) atoms. The second-order valence-electron chi connectivity index (χ2n) is 4.99. The van der Waals surface area contributed by atoms with Crippen LogP contribution in [-0.2, 0) is 9.59 Å². The van der Waals surface area contributed by atoms with Crippen LogP contribution in [0.4, 0.5) is 0 Å². The summed E-state index contributed by atoms with van der Waals surface area (Å²) in [7, 11) is 0. The standard InChI is InChI=1S/C11H14O2/c12-5-10-9-3-6-1-7(9)4-8(2-6)11(10)13/h5-10H,1-4H2. The van der Waals surface area contributed by atoms with E-state index >= 15 is 0 Å². The molecular weight excluding hydrogens is 164 g/mol. The van der Waals surface area contributed by atoms with E-state index in [-0.39, 0.29) is 17.6 Å². The molecule has 5 unspecified atom stereocenters. The molecule has 0 aromatic carbocycles. The van der Waals surface area contributed by atoms with Gasteiger partial charge in [-0.05, 0) is 43.4 Å². The van der Waals surface area contributed by atoms with Gasteiger partial charge in [0.05, 0.1) is 5.92 Å². The third-order valence-corrected chi connectivity index (χ3v) is 4.39. The van der Waals surface area contributed by atoms with Crippen LogP contribution in [0.25, 0.3) is 0 Å². The number of fused-ring (bicyclic) bond motifs is 2. The summed E-state index contributed by atoms with van der Waals surface area (Å²) < 4.78 is 0.